The number of pyridine rings is 1. The Morgan fingerprint density at radius 2 is 2.17 bits per heavy atom. The van der Waals surface area contributed by atoms with Gasteiger partial charge in [0.1, 0.15) is 12.1 Å². The number of aliphatic imine (C=N–C) groups is 1. The minimum absolute atomic E-state index is 0.244. The topological polar surface area (TPSA) is 76.4 Å². The number of aromatic nitrogens is 3. The lowest BCUT2D eigenvalue weighted by Gasteiger charge is -2.24. The second-order valence-corrected chi connectivity index (χ2v) is 5.74. The van der Waals surface area contributed by atoms with Crippen molar-refractivity contribution in [3.63, 3.8) is 0 Å². The fourth-order valence-corrected chi connectivity index (χ4v) is 1.84. The van der Waals surface area contributed by atoms with E-state index in [2.05, 4.69) is 25.6 Å². The molecule has 0 saturated carbocycles. The molecular formula is C16H24N6O. The van der Waals surface area contributed by atoms with E-state index in [1.165, 1.54) is 0 Å². The first-order valence-electron chi connectivity index (χ1n) is 7.47. The van der Waals surface area contributed by atoms with Crippen molar-refractivity contribution < 1.29 is 4.74 Å². The van der Waals surface area contributed by atoms with Crippen LogP contribution in [-0.2, 0) is 11.3 Å². The molecule has 0 unspecified atom stereocenters. The molecule has 0 aliphatic heterocycles. The van der Waals surface area contributed by atoms with Crippen LogP contribution in [0.5, 0.6) is 0 Å². The molecule has 0 aliphatic carbocycles. The largest absolute Gasteiger partial charge is 0.377 e. The molecule has 0 aliphatic rings. The number of hydrogen-bond donors (Lipinski definition) is 2. The third-order valence-electron chi connectivity index (χ3n) is 3.50. The maximum atomic E-state index is 5.38. The Kier molecular flexibility index (Phi) is 5.70. The van der Waals surface area contributed by atoms with Crippen molar-refractivity contribution >= 4 is 5.96 Å². The average Bonchev–Trinajstić information content (AvgIpc) is 3.10. The summed E-state index contributed by atoms with van der Waals surface area (Å²) >= 11 is 0. The lowest BCUT2D eigenvalue weighted by molar-refractivity contribution is 0.0268. The zero-order valence-electron chi connectivity index (χ0n) is 14.1. The van der Waals surface area contributed by atoms with Crippen LogP contribution in [0.25, 0.3) is 5.82 Å². The van der Waals surface area contributed by atoms with E-state index in [0.29, 0.717) is 13.1 Å². The first kappa shape index (κ1) is 17.0. The average molecular weight is 316 g/mol. The molecule has 2 aromatic rings. The summed E-state index contributed by atoms with van der Waals surface area (Å²) in [7, 11) is 3.45. The van der Waals surface area contributed by atoms with Gasteiger partial charge in [-0.15, -0.1) is 0 Å². The third kappa shape index (κ3) is 5.07. The van der Waals surface area contributed by atoms with Gasteiger partial charge in [0, 0.05) is 45.8 Å². The second-order valence-electron chi connectivity index (χ2n) is 5.74. The van der Waals surface area contributed by atoms with Crippen molar-refractivity contribution in [2.24, 2.45) is 4.99 Å². The fraction of sp³-hybridized carbons (Fsp3) is 0.438. The van der Waals surface area contributed by atoms with Crippen LogP contribution in [0.15, 0.2) is 42.0 Å². The number of nitrogens with zero attached hydrogens (tertiary/aromatic N) is 4. The summed E-state index contributed by atoms with van der Waals surface area (Å²) < 4.78 is 7.25. The van der Waals surface area contributed by atoms with Gasteiger partial charge in [-0.2, -0.15) is 0 Å². The van der Waals surface area contributed by atoms with Gasteiger partial charge < -0.3 is 15.4 Å². The third-order valence-corrected chi connectivity index (χ3v) is 3.50. The van der Waals surface area contributed by atoms with E-state index < -0.39 is 0 Å². The SMILES string of the molecule is CN=C(NCc1ccc(-n2ccnc2)nc1)NCC(C)(C)OC. The standard InChI is InChI=1S/C16H24N6O/c1-16(2,23-4)11-21-15(17-3)20-10-13-5-6-14(19-9-13)22-8-7-18-12-22/h5-9,12H,10-11H2,1-4H3,(H2,17,20,21). The van der Waals surface area contributed by atoms with E-state index in [1.54, 1.807) is 26.7 Å². The number of guanidine groups is 1. The highest BCUT2D eigenvalue weighted by Crippen LogP contribution is 2.06. The summed E-state index contributed by atoms with van der Waals surface area (Å²) in [6.45, 7) is 5.35. The zero-order chi connectivity index (χ0) is 16.7. The maximum absolute atomic E-state index is 5.38. The van der Waals surface area contributed by atoms with Crippen LogP contribution < -0.4 is 10.6 Å². The van der Waals surface area contributed by atoms with Gasteiger partial charge >= 0.3 is 0 Å². The molecule has 7 nitrogen and oxygen atoms in total. The van der Waals surface area contributed by atoms with E-state index in [1.807, 2.05) is 42.9 Å². The molecule has 23 heavy (non-hydrogen) atoms. The summed E-state index contributed by atoms with van der Waals surface area (Å²) in [5.41, 5.74) is 0.828. The molecule has 0 radical (unpaired) electrons. The van der Waals surface area contributed by atoms with Crippen LogP contribution in [0.4, 0.5) is 0 Å². The van der Waals surface area contributed by atoms with Crippen LogP contribution >= 0.6 is 0 Å². The second kappa shape index (κ2) is 7.73. The Labute approximate surface area is 136 Å². The van der Waals surface area contributed by atoms with Crippen molar-refractivity contribution in [3.8, 4) is 5.82 Å². The maximum Gasteiger partial charge on any atom is 0.191 e. The summed E-state index contributed by atoms with van der Waals surface area (Å²) in [6, 6.07) is 3.99. The molecule has 0 saturated heterocycles. The number of hydrogen-bond acceptors (Lipinski definition) is 4. The lowest BCUT2D eigenvalue weighted by atomic mass is 10.1. The molecule has 7 heteroatoms. The van der Waals surface area contributed by atoms with Crippen molar-refractivity contribution in [2.45, 2.75) is 26.0 Å². The van der Waals surface area contributed by atoms with Crippen molar-refractivity contribution in [1.29, 1.82) is 0 Å². The van der Waals surface area contributed by atoms with Gasteiger partial charge in [-0.05, 0) is 25.5 Å². The highest BCUT2D eigenvalue weighted by atomic mass is 16.5. The first-order valence-corrected chi connectivity index (χ1v) is 7.47. The molecule has 2 aromatic heterocycles. The van der Waals surface area contributed by atoms with Crippen LogP contribution in [0.1, 0.15) is 19.4 Å². The van der Waals surface area contributed by atoms with Crippen LogP contribution in [0.2, 0.25) is 0 Å². The van der Waals surface area contributed by atoms with Gasteiger partial charge in [0.25, 0.3) is 0 Å². The number of rotatable bonds is 6. The fourth-order valence-electron chi connectivity index (χ4n) is 1.84. The lowest BCUT2D eigenvalue weighted by Crippen LogP contribution is -2.45. The van der Waals surface area contributed by atoms with E-state index in [-0.39, 0.29) is 5.60 Å². The number of imidazole rings is 1. The van der Waals surface area contributed by atoms with Gasteiger partial charge in [0.15, 0.2) is 5.96 Å². The van der Waals surface area contributed by atoms with E-state index in [9.17, 15) is 0 Å². The molecule has 0 aromatic carbocycles. The predicted molar refractivity (Wildman–Crippen MR) is 90.6 cm³/mol. The minimum Gasteiger partial charge on any atom is -0.377 e. The highest BCUT2D eigenvalue weighted by molar-refractivity contribution is 5.79. The van der Waals surface area contributed by atoms with Crippen LogP contribution in [0, 0.1) is 0 Å². The summed E-state index contributed by atoms with van der Waals surface area (Å²) in [5, 5.41) is 6.51. The molecule has 2 N–H and O–H groups in total. The Hall–Kier alpha value is -2.41. The van der Waals surface area contributed by atoms with Crippen molar-refractivity contribution in [1.82, 2.24) is 25.2 Å². The smallest absolute Gasteiger partial charge is 0.191 e. The van der Waals surface area contributed by atoms with Crippen molar-refractivity contribution in [2.75, 3.05) is 20.7 Å². The quantitative estimate of drug-likeness (QED) is 0.621. The zero-order valence-corrected chi connectivity index (χ0v) is 14.1. The Morgan fingerprint density at radius 1 is 1.35 bits per heavy atom. The summed E-state index contributed by atoms with van der Waals surface area (Å²) in [5.74, 6) is 1.57. The number of ether oxygens (including phenoxy) is 1. The Balaban J connectivity index is 1.87. The molecule has 124 valence electrons. The molecule has 2 heterocycles. The normalized spacial score (nSPS) is 12.3. The first-order chi connectivity index (χ1) is 11.0. The predicted octanol–water partition coefficient (Wildman–Crippen LogP) is 1.36. The van der Waals surface area contributed by atoms with Gasteiger partial charge in [0.05, 0.1) is 5.60 Å². The molecule has 0 bridgehead atoms. The van der Waals surface area contributed by atoms with Gasteiger partial charge in [-0.1, -0.05) is 6.07 Å². The monoisotopic (exact) mass is 316 g/mol. The summed E-state index contributed by atoms with van der Waals surface area (Å²) in [4.78, 5) is 12.6. The van der Waals surface area contributed by atoms with E-state index in [0.717, 1.165) is 17.3 Å². The molecule has 0 fully saturated rings. The van der Waals surface area contributed by atoms with Crippen LogP contribution in [-0.4, -0.2) is 46.8 Å². The molecule has 0 amide bonds. The Bertz CT molecular complexity index is 619. The Morgan fingerprint density at radius 3 is 2.74 bits per heavy atom. The van der Waals surface area contributed by atoms with Gasteiger partial charge in [-0.3, -0.25) is 9.56 Å². The molecule has 0 spiro atoms. The van der Waals surface area contributed by atoms with Crippen LogP contribution in [0.3, 0.4) is 0 Å². The molecule has 2 rings (SSSR count). The summed E-state index contributed by atoms with van der Waals surface area (Å²) in [6.07, 6.45) is 7.16. The van der Waals surface area contributed by atoms with Crippen molar-refractivity contribution in [3.05, 3.63) is 42.6 Å². The number of methoxy groups -OCH3 is 1. The minimum atomic E-state index is -0.244. The van der Waals surface area contributed by atoms with Gasteiger partial charge in [-0.25, -0.2) is 9.97 Å². The van der Waals surface area contributed by atoms with E-state index in [4.69, 9.17) is 4.74 Å². The highest BCUT2D eigenvalue weighted by Gasteiger charge is 2.16. The molecular weight excluding hydrogens is 292 g/mol. The number of nitrogens with one attached hydrogen (secondary N) is 2. The van der Waals surface area contributed by atoms with E-state index >= 15 is 0 Å². The van der Waals surface area contributed by atoms with Gasteiger partial charge in [0.2, 0.25) is 0 Å². The molecule has 0 atom stereocenters.